The van der Waals surface area contributed by atoms with Gasteiger partial charge in [-0.2, -0.15) is 0 Å². The van der Waals surface area contributed by atoms with Crippen molar-refractivity contribution in [1.29, 1.82) is 0 Å². The summed E-state index contributed by atoms with van der Waals surface area (Å²) in [4.78, 5) is 14.5. The van der Waals surface area contributed by atoms with Crippen LogP contribution < -0.4 is 5.69 Å². The molecule has 0 unspecified atom stereocenters. The zero-order valence-electron chi connectivity index (χ0n) is 9.01. The molecule has 0 saturated carbocycles. The number of aromatic amines is 1. The lowest BCUT2D eigenvalue weighted by Crippen LogP contribution is -2.26. The van der Waals surface area contributed by atoms with E-state index in [9.17, 15) is 4.79 Å². The summed E-state index contributed by atoms with van der Waals surface area (Å²) in [5.41, 5.74) is 2.34. The Balaban J connectivity index is 2.50. The van der Waals surface area contributed by atoms with Gasteiger partial charge in [0.25, 0.3) is 0 Å². The predicted molar refractivity (Wildman–Crippen MR) is 62.8 cm³/mol. The molecule has 0 aliphatic heterocycles. The van der Waals surface area contributed by atoms with Gasteiger partial charge in [-0.05, 0) is 25.7 Å². The lowest BCUT2D eigenvalue weighted by molar-refractivity contribution is 0.575. The second kappa shape index (κ2) is 4.31. The minimum absolute atomic E-state index is 0.0332. The first kappa shape index (κ1) is 10.6. The van der Waals surface area contributed by atoms with Crippen LogP contribution >= 0.6 is 12.2 Å². The summed E-state index contributed by atoms with van der Waals surface area (Å²) in [6.07, 6.45) is 5.32. The number of rotatable bonds is 3. The first-order valence-electron chi connectivity index (χ1n) is 5.59. The number of unbranched alkanes of at least 4 members (excludes halogenated alkanes) is 1. The van der Waals surface area contributed by atoms with Crippen LogP contribution in [0.15, 0.2) is 4.79 Å². The van der Waals surface area contributed by atoms with Crippen LogP contribution in [0.5, 0.6) is 0 Å². The highest BCUT2D eigenvalue weighted by Gasteiger charge is 2.17. The van der Waals surface area contributed by atoms with Gasteiger partial charge < -0.3 is 0 Å². The van der Waals surface area contributed by atoms with Gasteiger partial charge in [-0.15, -0.1) is 0 Å². The third-order valence-corrected chi connectivity index (χ3v) is 3.34. The Labute approximate surface area is 94.1 Å². The number of H-pyrrole nitrogens is 1. The molecule has 0 saturated heterocycles. The van der Waals surface area contributed by atoms with E-state index in [1.807, 2.05) is 4.57 Å². The maximum absolute atomic E-state index is 11.7. The molecule has 2 rings (SSSR count). The standard InChI is InChI=1S/C11H16N2OS/c1-2-3-7-13-9-6-4-5-8(9)10(15)12-11(13)14/h2-7H2,1H3,(H,12,14,15). The summed E-state index contributed by atoms with van der Waals surface area (Å²) in [6.45, 7) is 2.96. The molecule has 1 aromatic rings. The van der Waals surface area contributed by atoms with Crippen molar-refractivity contribution in [3.8, 4) is 0 Å². The molecule has 15 heavy (non-hydrogen) atoms. The largest absolute Gasteiger partial charge is 0.326 e. The molecular formula is C11H16N2OS. The van der Waals surface area contributed by atoms with Crippen LogP contribution in [0.4, 0.5) is 0 Å². The average Bonchev–Trinajstić information content (AvgIpc) is 2.66. The third-order valence-electron chi connectivity index (χ3n) is 2.99. The van der Waals surface area contributed by atoms with E-state index in [4.69, 9.17) is 12.2 Å². The van der Waals surface area contributed by atoms with Crippen molar-refractivity contribution >= 4 is 12.2 Å². The Morgan fingerprint density at radius 2 is 2.27 bits per heavy atom. The Bertz CT molecular complexity index is 472. The normalized spacial score (nSPS) is 14.2. The van der Waals surface area contributed by atoms with Crippen LogP contribution in [-0.2, 0) is 19.4 Å². The molecule has 1 aliphatic carbocycles. The van der Waals surface area contributed by atoms with E-state index in [1.54, 1.807) is 0 Å². The number of nitrogens with one attached hydrogen (secondary N) is 1. The molecule has 0 amide bonds. The van der Waals surface area contributed by atoms with Crippen LogP contribution in [0.25, 0.3) is 0 Å². The smallest absolute Gasteiger partial charge is 0.298 e. The van der Waals surface area contributed by atoms with Crippen molar-refractivity contribution in [3.05, 3.63) is 26.4 Å². The van der Waals surface area contributed by atoms with E-state index in [-0.39, 0.29) is 5.69 Å². The fraction of sp³-hybridized carbons (Fsp3) is 0.636. The average molecular weight is 224 g/mol. The molecule has 1 heterocycles. The summed E-state index contributed by atoms with van der Waals surface area (Å²) in [5, 5.41) is 0. The minimum Gasteiger partial charge on any atom is -0.298 e. The van der Waals surface area contributed by atoms with Crippen molar-refractivity contribution < 1.29 is 0 Å². The molecule has 3 nitrogen and oxygen atoms in total. The quantitative estimate of drug-likeness (QED) is 0.799. The molecule has 0 atom stereocenters. The number of hydrogen-bond acceptors (Lipinski definition) is 2. The monoisotopic (exact) mass is 224 g/mol. The number of fused-ring (bicyclic) bond motifs is 1. The summed E-state index contributed by atoms with van der Waals surface area (Å²) in [6, 6.07) is 0. The summed E-state index contributed by atoms with van der Waals surface area (Å²) in [5.74, 6) is 0. The highest BCUT2D eigenvalue weighted by Crippen LogP contribution is 2.20. The van der Waals surface area contributed by atoms with Gasteiger partial charge in [0.05, 0.1) is 0 Å². The molecular weight excluding hydrogens is 208 g/mol. The van der Waals surface area contributed by atoms with Gasteiger partial charge in [0.15, 0.2) is 0 Å². The van der Waals surface area contributed by atoms with Crippen molar-refractivity contribution in [2.75, 3.05) is 0 Å². The van der Waals surface area contributed by atoms with Gasteiger partial charge >= 0.3 is 5.69 Å². The van der Waals surface area contributed by atoms with E-state index >= 15 is 0 Å². The highest BCUT2D eigenvalue weighted by molar-refractivity contribution is 7.71. The van der Waals surface area contributed by atoms with Crippen LogP contribution in [-0.4, -0.2) is 9.55 Å². The Kier molecular flexibility index (Phi) is 3.05. The maximum atomic E-state index is 11.7. The van der Waals surface area contributed by atoms with Gasteiger partial charge in [0.2, 0.25) is 0 Å². The van der Waals surface area contributed by atoms with Gasteiger partial charge in [-0.3, -0.25) is 9.55 Å². The fourth-order valence-electron chi connectivity index (χ4n) is 2.19. The molecule has 4 heteroatoms. The lowest BCUT2D eigenvalue weighted by Gasteiger charge is -2.10. The molecule has 0 radical (unpaired) electrons. The zero-order valence-corrected chi connectivity index (χ0v) is 9.82. The van der Waals surface area contributed by atoms with Gasteiger partial charge in [0, 0.05) is 17.8 Å². The molecule has 0 aromatic carbocycles. The Hall–Kier alpha value is -0.900. The first-order valence-corrected chi connectivity index (χ1v) is 5.99. The van der Waals surface area contributed by atoms with E-state index in [2.05, 4.69) is 11.9 Å². The molecule has 0 bridgehead atoms. The Morgan fingerprint density at radius 3 is 3.00 bits per heavy atom. The summed E-state index contributed by atoms with van der Waals surface area (Å²) in [7, 11) is 0. The van der Waals surface area contributed by atoms with E-state index < -0.39 is 0 Å². The van der Waals surface area contributed by atoms with Crippen LogP contribution in [0.1, 0.15) is 37.4 Å². The molecule has 0 spiro atoms. The van der Waals surface area contributed by atoms with Crippen molar-refractivity contribution in [2.24, 2.45) is 0 Å². The van der Waals surface area contributed by atoms with E-state index in [1.165, 1.54) is 11.3 Å². The molecule has 1 N–H and O–H groups in total. The van der Waals surface area contributed by atoms with Gasteiger partial charge in [-0.25, -0.2) is 4.79 Å². The second-order valence-electron chi connectivity index (χ2n) is 4.04. The first-order chi connectivity index (χ1) is 7.24. The van der Waals surface area contributed by atoms with E-state index in [0.29, 0.717) is 4.64 Å². The lowest BCUT2D eigenvalue weighted by atomic mass is 10.2. The Morgan fingerprint density at radius 1 is 1.47 bits per heavy atom. The van der Waals surface area contributed by atoms with Crippen molar-refractivity contribution in [3.63, 3.8) is 0 Å². The number of aromatic nitrogens is 2. The third kappa shape index (κ3) is 1.91. The minimum atomic E-state index is -0.0332. The highest BCUT2D eigenvalue weighted by atomic mass is 32.1. The van der Waals surface area contributed by atoms with E-state index in [0.717, 1.165) is 38.6 Å². The molecule has 1 aromatic heterocycles. The van der Waals surface area contributed by atoms with Crippen LogP contribution in [0.3, 0.4) is 0 Å². The van der Waals surface area contributed by atoms with Crippen LogP contribution in [0, 0.1) is 4.64 Å². The van der Waals surface area contributed by atoms with Crippen LogP contribution in [0.2, 0.25) is 0 Å². The fourth-order valence-corrected chi connectivity index (χ4v) is 2.49. The second-order valence-corrected chi connectivity index (χ2v) is 4.45. The number of nitrogens with zero attached hydrogens (tertiary/aromatic N) is 1. The maximum Gasteiger partial charge on any atom is 0.326 e. The topological polar surface area (TPSA) is 37.8 Å². The van der Waals surface area contributed by atoms with Crippen molar-refractivity contribution in [1.82, 2.24) is 9.55 Å². The molecule has 82 valence electrons. The number of hydrogen-bond donors (Lipinski definition) is 1. The predicted octanol–water partition coefficient (Wildman–Crippen LogP) is 2.19. The zero-order chi connectivity index (χ0) is 10.8. The summed E-state index contributed by atoms with van der Waals surface area (Å²) < 4.78 is 2.53. The molecule has 0 fully saturated rings. The SMILES string of the molecule is CCCCn1c2c(c(=S)[nH]c1=O)CCC2. The summed E-state index contributed by atoms with van der Waals surface area (Å²) >= 11 is 5.17. The van der Waals surface area contributed by atoms with Crippen molar-refractivity contribution in [2.45, 2.75) is 45.6 Å². The van der Waals surface area contributed by atoms with Gasteiger partial charge in [0.1, 0.15) is 4.64 Å². The molecule has 1 aliphatic rings. The van der Waals surface area contributed by atoms with Gasteiger partial charge in [-0.1, -0.05) is 25.6 Å².